The van der Waals surface area contributed by atoms with Crippen molar-refractivity contribution in [3.63, 3.8) is 0 Å². The highest BCUT2D eigenvalue weighted by Gasteiger charge is 2.22. The third kappa shape index (κ3) is 4.13. The molecule has 1 atom stereocenters. The standard InChI is InChI=1S/C17H22F2N4O/c1-3-22(11-12(2)10-20)17(24)21-13-8-14(18)16(15(19)9-13)23-6-4-5-7-23/h8-9,12H,3-7,11H2,1-2H3,(H,21,24). The molecule has 0 aromatic heterocycles. The summed E-state index contributed by atoms with van der Waals surface area (Å²) in [6.07, 6.45) is 1.83. The van der Waals surface area contributed by atoms with Crippen LogP contribution in [0.2, 0.25) is 0 Å². The van der Waals surface area contributed by atoms with Gasteiger partial charge in [-0.25, -0.2) is 13.6 Å². The number of hydrogen-bond acceptors (Lipinski definition) is 3. The molecular weight excluding hydrogens is 314 g/mol. The predicted octanol–water partition coefficient (Wildman–Crippen LogP) is 3.58. The Morgan fingerprint density at radius 2 is 1.96 bits per heavy atom. The summed E-state index contributed by atoms with van der Waals surface area (Å²) in [6, 6.07) is 3.85. The van der Waals surface area contributed by atoms with Crippen LogP contribution in [0.1, 0.15) is 26.7 Å². The molecule has 1 N–H and O–H groups in total. The average molecular weight is 336 g/mol. The molecule has 1 aliphatic heterocycles. The zero-order valence-corrected chi connectivity index (χ0v) is 14.0. The van der Waals surface area contributed by atoms with E-state index in [4.69, 9.17) is 5.26 Å². The first-order valence-electron chi connectivity index (χ1n) is 8.15. The molecule has 1 aromatic rings. The number of nitrogens with zero attached hydrogens (tertiary/aromatic N) is 3. The van der Waals surface area contributed by atoms with Crippen molar-refractivity contribution in [3.05, 3.63) is 23.8 Å². The van der Waals surface area contributed by atoms with Crippen LogP contribution >= 0.6 is 0 Å². The molecule has 1 saturated heterocycles. The largest absolute Gasteiger partial charge is 0.367 e. The molecular formula is C17H22F2N4O. The summed E-state index contributed by atoms with van der Waals surface area (Å²) in [5, 5.41) is 11.3. The number of halogens is 2. The van der Waals surface area contributed by atoms with E-state index in [1.54, 1.807) is 18.7 Å². The Bertz CT molecular complexity index is 615. The maximum absolute atomic E-state index is 14.3. The molecule has 24 heavy (non-hydrogen) atoms. The van der Waals surface area contributed by atoms with Gasteiger partial charge in [0, 0.05) is 31.9 Å². The van der Waals surface area contributed by atoms with Crippen molar-refractivity contribution >= 4 is 17.4 Å². The number of hydrogen-bond donors (Lipinski definition) is 1. The number of nitrogens with one attached hydrogen (secondary N) is 1. The van der Waals surface area contributed by atoms with Crippen molar-refractivity contribution < 1.29 is 13.6 Å². The number of rotatable bonds is 5. The van der Waals surface area contributed by atoms with E-state index in [9.17, 15) is 13.6 Å². The van der Waals surface area contributed by atoms with E-state index in [1.165, 1.54) is 4.90 Å². The average Bonchev–Trinajstić information content (AvgIpc) is 3.05. The third-order valence-electron chi connectivity index (χ3n) is 4.07. The van der Waals surface area contributed by atoms with Crippen molar-refractivity contribution in [1.29, 1.82) is 5.26 Å². The number of urea groups is 1. The molecule has 1 aromatic carbocycles. The molecule has 1 heterocycles. The summed E-state index contributed by atoms with van der Waals surface area (Å²) in [6.45, 7) is 5.41. The fourth-order valence-corrected chi connectivity index (χ4v) is 2.81. The lowest BCUT2D eigenvalue weighted by Crippen LogP contribution is -2.37. The summed E-state index contributed by atoms with van der Waals surface area (Å²) in [5.74, 6) is -1.68. The van der Waals surface area contributed by atoms with Gasteiger partial charge in [0.15, 0.2) is 11.6 Å². The van der Waals surface area contributed by atoms with Crippen LogP contribution in [-0.4, -0.2) is 37.1 Å². The maximum atomic E-state index is 14.3. The lowest BCUT2D eigenvalue weighted by atomic mass is 10.2. The molecule has 2 amide bonds. The lowest BCUT2D eigenvalue weighted by molar-refractivity contribution is 0.210. The first-order chi connectivity index (χ1) is 11.5. The highest BCUT2D eigenvalue weighted by Crippen LogP contribution is 2.29. The van der Waals surface area contributed by atoms with Gasteiger partial charge in [0.05, 0.1) is 12.0 Å². The zero-order valence-electron chi connectivity index (χ0n) is 14.0. The molecule has 2 rings (SSSR count). The molecule has 0 aliphatic carbocycles. The van der Waals surface area contributed by atoms with E-state index in [0.29, 0.717) is 19.6 Å². The van der Waals surface area contributed by atoms with Crippen LogP contribution in [-0.2, 0) is 0 Å². The highest BCUT2D eigenvalue weighted by atomic mass is 19.1. The van der Waals surface area contributed by atoms with Crippen molar-refractivity contribution in [2.24, 2.45) is 5.92 Å². The van der Waals surface area contributed by atoms with Crippen LogP contribution in [0.3, 0.4) is 0 Å². The number of benzene rings is 1. The van der Waals surface area contributed by atoms with Gasteiger partial charge in [-0.2, -0.15) is 5.26 Å². The molecule has 1 aliphatic rings. The van der Waals surface area contributed by atoms with Gasteiger partial charge in [0.25, 0.3) is 0 Å². The second kappa shape index (κ2) is 7.95. The molecule has 0 spiro atoms. The zero-order chi connectivity index (χ0) is 17.7. The molecule has 1 unspecified atom stereocenters. The lowest BCUT2D eigenvalue weighted by Gasteiger charge is -2.23. The minimum atomic E-state index is -0.680. The van der Waals surface area contributed by atoms with E-state index < -0.39 is 17.7 Å². The van der Waals surface area contributed by atoms with Crippen LogP contribution in [0, 0.1) is 28.9 Å². The fraction of sp³-hybridized carbons (Fsp3) is 0.529. The van der Waals surface area contributed by atoms with E-state index in [2.05, 4.69) is 11.4 Å². The Morgan fingerprint density at radius 1 is 1.38 bits per heavy atom. The van der Waals surface area contributed by atoms with Gasteiger partial charge in [-0.05, 0) is 38.8 Å². The Balaban J connectivity index is 2.12. The van der Waals surface area contributed by atoms with Gasteiger partial charge >= 0.3 is 6.03 Å². The monoisotopic (exact) mass is 336 g/mol. The summed E-state index contributed by atoms with van der Waals surface area (Å²) < 4.78 is 28.5. The van der Waals surface area contributed by atoms with Crippen LogP contribution < -0.4 is 10.2 Å². The highest BCUT2D eigenvalue weighted by molar-refractivity contribution is 5.89. The van der Waals surface area contributed by atoms with E-state index in [1.807, 2.05) is 0 Å². The van der Waals surface area contributed by atoms with E-state index in [-0.39, 0.29) is 23.8 Å². The number of carbonyl (C=O) groups is 1. The summed E-state index contributed by atoms with van der Waals surface area (Å²) in [4.78, 5) is 15.3. The smallest absolute Gasteiger partial charge is 0.321 e. The Morgan fingerprint density at radius 3 is 2.46 bits per heavy atom. The van der Waals surface area contributed by atoms with E-state index >= 15 is 0 Å². The number of carbonyl (C=O) groups excluding carboxylic acids is 1. The summed E-state index contributed by atoms with van der Waals surface area (Å²) in [5.41, 5.74) is 0.0388. The first kappa shape index (κ1) is 18.0. The maximum Gasteiger partial charge on any atom is 0.321 e. The van der Waals surface area contributed by atoms with E-state index in [0.717, 1.165) is 25.0 Å². The molecule has 0 bridgehead atoms. The third-order valence-corrected chi connectivity index (χ3v) is 4.07. The van der Waals surface area contributed by atoms with Crippen molar-refractivity contribution in [2.75, 3.05) is 36.4 Å². The number of anilines is 2. The molecule has 1 fully saturated rings. The molecule has 5 nitrogen and oxygen atoms in total. The van der Waals surface area contributed by atoms with Gasteiger partial charge in [-0.15, -0.1) is 0 Å². The molecule has 0 saturated carbocycles. The van der Waals surface area contributed by atoms with Gasteiger partial charge in [-0.1, -0.05) is 0 Å². The van der Waals surface area contributed by atoms with Crippen LogP contribution in [0.4, 0.5) is 25.0 Å². The first-order valence-corrected chi connectivity index (χ1v) is 8.15. The molecule has 130 valence electrons. The van der Waals surface area contributed by atoms with Crippen molar-refractivity contribution in [1.82, 2.24) is 4.90 Å². The van der Waals surface area contributed by atoms with Gasteiger partial charge < -0.3 is 15.1 Å². The topological polar surface area (TPSA) is 59.4 Å². The summed E-state index contributed by atoms with van der Waals surface area (Å²) >= 11 is 0. The Kier molecular flexibility index (Phi) is 5.96. The predicted molar refractivity (Wildman–Crippen MR) is 88.8 cm³/mol. The van der Waals surface area contributed by atoms with Gasteiger partial charge in [-0.3, -0.25) is 0 Å². The van der Waals surface area contributed by atoms with Crippen LogP contribution in [0.25, 0.3) is 0 Å². The van der Waals surface area contributed by atoms with Gasteiger partial charge in [0.2, 0.25) is 0 Å². The number of nitriles is 1. The van der Waals surface area contributed by atoms with Crippen molar-refractivity contribution in [3.8, 4) is 6.07 Å². The Hall–Kier alpha value is -2.36. The minimum Gasteiger partial charge on any atom is -0.367 e. The van der Waals surface area contributed by atoms with Gasteiger partial charge in [0.1, 0.15) is 5.69 Å². The SMILES string of the molecule is CCN(CC(C)C#N)C(=O)Nc1cc(F)c(N2CCCC2)c(F)c1. The Labute approximate surface area is 140 Å². The second-order valence-electron chi connectivity index (χ2n) is 5.98. The number of amides is 2. The fourth-order valence-electron chi connectivity index (χ4n) is 2.81. The summed E-state index contributed by atoms with van der Waals surface area (Å²) in [7, 11) is 0. The molecule has 7 heteroatoms. The van der Waals surface area contributed by atoms with Crippen LogP contribution in [0.5, 0.6) is 0 Å². The minimum absolute atomic E-state index is 0.0315. The van der Waals surface area contributed by atoms with Crippen LogP contribution in [0.15, 0.2) is 12.1 Å². The second-order valence-corrected chi connectivity index (χ2v) is 5.98. The molecule has 0 radical (unpaired) electrons. The van der Waals surface area contributed by atoms with Crippen molar-refractivity contribution in [2.45, 2.75) is 26.7 Å². The normalized spacial score (nSPS) is 15.0. The quantitative estimate of drug-likeness (QED) is 0.894.